The van der Waals surface area contributed by atoms with Crippen molar-refractivity contribution >= 4 is 51.7 Å². The Hall–Kier alpha value is -3.37. The van der Waals surface area contributed by atoms with E-state index in [0.29, 0.717) is 16.5 Å². The average Bonchev–Trinajstić information content (AvgIpc) is 3.11. The van der Waals surface area contributed by atoms with Crippen LogP contribution >= 0.6 is 23.4 Å². The maximum atomic E-state index is 13.3. The quantitative estimate of drug-likeness (QED) is 0.381. The molecule has 37 heavy (non-hydrogen) atoms. The fraction of sp³-hybridized carbons (Fsp3) is 0.231. The molecule has 0 radical (unpaired) electrons. The van der Waals surface area contributed by atoms with Crippen LogP contribution in [-0.2, 0) is 22.3 Å². The van der Waals surface area contributed by atoms with Crippen molar-refractivity contribution in [3.05, 3.63) is 88.2 Å². The summed E-state index contributed by atoms with van der Waals surface area (Å²) in [6.07, 6.45) is -3.30. The van der Waals surface area contributed by atoms with Gasteiger partial charge in [0, 0.05) is 18.3 Å². The maximum absolute atomic E-state index is 13.3. The number of rotatable bonds is 6. The second-order valence-electron chi connectivity index (χ2n) is 8.48. The molecule has 1 atom stereocenters. The van der Waals surface area contributed by atoms with Gasteiger partial charge >= 0.3 is 6.18 Å². The number of alkyl halides is 3. The van der Waals surface area contributed by atoms with Gasteiger partial charge in [-0.15, -0.1) is 0 Å². The average molecular weight is 547 g/mol. The molecular formula is C26H22ClF3N4O2S. The van der Waals surface area contributed by atoms with Crippen molar-refractivity contribution in [1.82, 2.24) is 9.88 Å². The number of nitrogens with one attached hydrogen (secondary N) is 1. The molecule has 1 aromatic heterocycles. The van der Waals surface area contributed by atoms with Gasteiger partial charge in [0.25, 0.3) is 0 Å². The molecule has 1 fully saturated rings. The van der Waals surface area contributed by atoms with Gasteiger partial charge in [-0.2, -0.15) is 13.2 Å². The Labute approximate surface area is 220 Å². The van der Waals surface area contributed by atoms with E-state index in [4.69, 9.17) is 16.6 Å². The van der Waals surface area contributed by atoms with E-state index in [2.05, 4.69) is 10.3 Å². The summed E-state index contributed by atoms with van der Waals surface area (Å²) in [6, 6.07) is 14.2. The van der Waals surface area contributed by atoms with Gasteiger partial charge in [-0.05, 0) is 55.8 Å². The van der Waals surface area contributed by atoms with Gasteiger partial charge in [0.2, 0.25) is 11.8 Å². The number of amidine groups is 1. The third-order valence-corrected chi connectivity index (χ3v) is 7.07. The Balaban J connectivity index is 1.56. The van der Waals surface area contributed by atoms with Crippen LogP contribution in [0.4, 0.5) is 24.5 Å². The lowest BCUT2D eigenvalue weighted by atomic mass is 10.1. The zero-order chi connectivity index (χ0) is 26.7. The Bertz CT molecular complexity index is 1370. The molecule has 2 aromatic carbocycles. The number of aryl methyl sites for hydroxylation is 2. The lowest BCUT2D eigenvalue weighted by Gasteiger charge is -2.16. The molecule has 1 saturated heterocycles. The molecule has 2 amide bonds. The lowest BCUT2D eigenvalue weighted by Crippen LogP contribution is -2.33. The molecular weight excluding hydrogens is 525 g/mol. The van der Waals surface area contributed by atoms with Crippen LogP contribution in [0.15, 0.2) is 65.8 Å². The third kappa shape index (κ3) is 6.50. The maximum Gasteiger partial charge on any atom is 0.417 e. The van der Waals surface area contributed by atoms with E-state index in [1.165, 1.54) is 11.0 Å². The SMILES string of the molecule is Cc1ccc(N=C2SC(CC(=O)Nc3ccc(Cl)c(C(F)(F)F)c3)C(=O)N2Cc2ccccn2)c(C)c1. The zero-order valence-corrected chi connectivity index (χ0v) is 21.4. The topological polar surface area (TPSA) is 74.7 Å². The number of amides is 2. The molecule has 3 aromatic rings. The monoisotopic (exact) mass is 546 g/mol. The summed E-state index contributed by atoms with van der Waals surface area (Å²) >= 11 is 6.79. The highest BCUT2D eigenvalue weighted by molar-refractivity contribution is 8.15. The highest BCUT2D eigenvalue weighted by Crippen LogP contribution is 2.37. The molecule has 1 aliphatic rings. The van der Waals surface area contributed by atoms with Gasteiger partial charge in [0.05, 0.1) is 28.5 Å². The van der Waals surface area contributed by atoms with Crippen molar-refractivity contribution in [3.63, 3.8) is 0 Å². The molecule has 1 aliphatic heterocycles. The number of hydrogen-bond acceptors (Lipinski definition) is 5. The van der Waals surface area contributed by atoms with Crippen molar-refractivity contribution in [1.29, 1.82) is 0 Å². The number of aliphatic imine (C=N–C) groups is 1. The molecule has 6 nitrogen and oxygen atoms in total. The summed E-state index contributed by atoms with van der Waals surface area (Å²) in [6.45, 7) is 4.06. The largest absolute Gasteiger partial charge is 0.417 e. The molecule has 0 bridgehead atoms. The highest BCUT2D eigenvalue weighted by Gasteiger charge is 2.40. The van der Waals surface area contributed by atoms with Gasteiger partial charge in [0.1, 0.15) is 5.25 Å². The van der Waals surface area contributed by atoms with Crippen LogP contribution in [0.25, 0.3) is 0 Å². The molecule has 192 valence electrons. The predicted molar refractivity (Wildman–Crippen MR) is 139 cm³/mol. The summed E-state index contributed by atoms with van der Waals surface area (Å²) in [5, 5.41) is 1.59. The number of anilines is 1. The molecule has 0 saturated carbocycles. The van der Waals surface area contributed by atoms with Gasteiger partial charge < -0.3 is 5.32 Å². The number of halogens is 4. The number of carbonyl (C=O) groups excluding carboxylic acids is 2. The van der Waals surface area contributed by atoms with E-state index < -0.39 is 27.9 Å². The Kier molecular flexibility index (Phi) is 7.89. The van der Waals surface area contributed by atoms with Crippen LogP contribution in [-0.4, -0.2) is 32.1 Å². The minimum atomic E-state index is -4.67. The number of thioether (sulfide) groups is 1. The van der Waals surface area contributed by atoms with E-state index in [1.54, 1.807) is 18.3 Å². The van der Waals surface area contributed by atoms with Crippen LogP contribution in [0, 0.1) is 13.8 Å². The second kappa shape index (κ2) is 10.9. The van der Waals surface area contributed by atoms with Crippen LogP contribution in [0.2, 0.25) is 5.02 Å². The molecule has 4 rings (SSSR count). The van der Waals surface area contributed by atoms with Gasteiger partial charge in [-0.1, -0.05) is 47.1 Å². The van der Waals surface area contributed by atoms with E-state index in [9.17, 15) is 22.8 Å². The number of aromatic nitrogens is 1. The lowest BCUT2D eigenvalue weighted by molar-refractivity contribution is -0.137. The fourth-order valence-electron chi connectivity index (χ4n) is 3.76. The molecule has 1 N–H and O–H groups in total. The van der Waals surface area contributed by atoms with Gasteiger partial charge in [-0.3, -0.25) is 19.5 Å². The summed E-state index contributed by atoms with van der Waals surface area (Å²) in [4.78, 5) is 36.5. The zero-order valence-electron chi connectivity index (χ0n) is 19.8. The van der Waals surface area contributed by atoms with E-state index in [-0.39, 0.29) is 24.6 Å². The van der Waals surface area contributed by atoms with Crippen LogP contribution in [0.3, 0.4) is 0 Å². The van der Waals surface area contributed by atoms with Crippen LogP contribution in [0.5, 0.6) is 0 Å². The molecule has 11 heteroatoms. The van der Waals surface area contributed by atoms with E-state index in [0.717, 1.165) is 35.0 Å². The minimum absolute atomic E-state index is 0.0633. The summed E-state index contributed by atoms with van der Waals surface area (Å²) in [5.74, 6) is -0.937. The third-order valence-electron chi connectivity index (χ3n) is 5.56. The summed E-state index contributed by atoms with van der Waals surface area (Å²) in [7, 11) is 0. The summed E-state index contributed by atoms with van der Waals surface area (Å²) in [5.41, 5.74) is 2.23. The van der Waals surface area contributed by atoms with Crippen molar-refractivity contribution in [2.24, 2.45) is 4.99 Å². The van der Waals surface area contributed by atoms with Gasteiger partial charge in [-0.25, -0.2) is 4.99 Å². The van der Waals surface area contributed by atoms with Crippen molar-refractivity contribution < 1.29 is 22.8 Å². The van der Waals surface area contributed by atoms with Crippen molar-refractivity contribution in [3.8, 4) is 0 Å². The first kappa shape index (κ1) is 26.7. The Morgan fingerprint density at radius 3 is 2.62 bits per heavy atom. The first-order valence-electron chi connectivity index (χ1n) is 11.2. The normalized spacial score (nSPS) is 16.9. The molecule has 0 spiro atoms. The first-order chi connectivity index (χ1) is 17.5. The first-order valence-corrected chi connectivity index (χ1v) is 12.5. The fourth-order valence-corrected chi connectivity index (χ4v) is 5.13. The molecule has 1 unspecified atom stereocenters. The predicted octanol–water partition coefficient (Wildman–Crippen LogP) is 6.53. The number of pyridine rings is 1. The van der Waals surface area contributed by atoms with E-state index in [1.807, 2.05) is 38.1 Å². The van der Waals surface area contributed by atoms with Gasteiger partial charge in [0.15, 0.2) is 5.17 Å². The standard InChI is InChI=1S/C26H22ClF3N4O2S/c1-15-6-9-21(16(2)11-15)33-25-34(14-18-5-3-4-10-31-18)24(36)22(37-25)13-23(35)32-17-7-8-20(27)19(12-17)26(28,29)30/h3-12,22H,13-14H2,1-2H3,(H,32,35). The van der Waals surface area contributed by atoms with Crippen molar-refractivity contribution in [2.75, 3.05) is 5.32 Å². The molecule has 2 heterocycles. The Morgan fingerprint density at radius 2 is 1.95 bits per heavy atom. The highest BCUT2D eigenvalue weighted by atomic mass is 35.5. The number of nitrogens with zero attached hydrogens (tertiary/aromatic N) is 3. The Morgan fingerprint density at radius 1 is 1.16 bits per heavy atom. The van der Waals surface area contributed by atoms with Crippen molar-refractivity contribution in [2.45, 2.75) is 38.2 Å². The number of carbonyl (C=O) groups is 2. The molecule has 0 aliphatic carbocycles. The minimum Gasteiger partial charge on any atom is -0.326 e. The van der Waals surface area contributed by atoms with Crippen LogP contribution in [0.1, 0.15) is 28.8 Å². The summed E-state index contributed by atoms with van der Waals surface area (Å²) < 4.78 is 39.5. The van der Waals surface area contributed by atoms with Crippen LogP contribution < -0.4 is 5.32 Å². The second-order valence-corrected chi connectivity index (χ2v) is 10.1. The number of benzene rings is 2. The van der Waals surface area contributed by atoms with E-state index >= 15 is 0 Å². The smallest absolute Gasteiger partial charge is 0.326 e. The number of hydrogen-bond donors (Lipinski definition) is 1.